The summed E-state index contributed by atoms with van der Waals surface area (Å²) >= 11 is 0. The van der Waals surface area contributed by atoms with Crippen molar-refractivity contribution in [3.63, 3.8) is 0 Å². The standard InChI is InChI=1S/C14H18O5/c1-9-4-3-5-10(6-9)13(16)14(17)7-12(18-2)19-11(14)8-15/h3-6,11-12,15,17H,7-8H2,1-2H3/t11-,12?,14+/m0/s1. The van der Waals surface area contributed by atoms with E-state index in [0.29, 0.717) is 5.56 Å². The van der Waals surface area contributed by atoms with E-state index in [0.717, 1.165) is 5.56 Å². The van der Waals surface area contributed by atoms with Crippen LogP contribution in [0.3, 0.4) is 0 Å². The highest BCUT2D eigenvalue weighted by molar-refractivity contribution is 6.03. The number of carbonyl (C=O) groups is 1. The molecule has 1 unspecified atom stereocenters. The quantitative estimate of drug-likeness (QED) is 0.783. The molecule has 2 N–H and O–H groups in total. The molecule has 0 aromatic heterocycles. The Kier molecular flexibility index (Phi) is 4.01. The molecule has 1 aromatic carbocycles. The minimum Gasteiger partial charge on any atom is -0.394 e. The van der Waals surface area contributed by atoms with Crippen LogP contribution in [-0.2, 0) is 9.47 Å². The van der Waals surface area contributed by atoms with Gasteiger partial charge in [-0.2, -0.15) is 0 Å². The Labute approximate surface area is 111 Å². The first-order chi connectivity index (χ1) is 9.01. The number of ether oxygens (including phenoxy) is 2. The number of Topliss-reactive ketones (excluding diaryl/α,β-unsaturated/α-hetero) is 1. The SMILES string of the molecule is COC1C[C@](O)(C(=O)c2cccc(C)c2)[C@H](CO)O1. The number of carbonyl (C=O) groups excluding carboxylic acids is 1. The van der Waals surface area contributed by atoms with Gasteiger partial charge in [-0.15, -0.1) is 0 Å². The molecule has 2 rings (SSSR count). The number of ketones is 1. The zero-order valence-corrected chi connectivity index (χ0v) is 11.0. The van der Waals surface area contributed by atoms with E-state index in [-0.39, 0.29) is 6.42 Å². The zero-order chi connectivity index (χ0) is 14.0. The van der Waals surface area contributed by atoms with Crippen molar-refractivity contribution < 1.29 is 24.5 Å². The number of benzene rings is 1. The summed E-state index contributed by atoms with van der Waals surface area (Å²) in [6, 6.07) is 6.97. The molecule has 1 aliphatic rings. The number of aliphatic hydroxyl groups excluding tert-OH is 1. The van der Waals surface area contributed by atoms with Gasteiger partial charge in [0.25, 0.3) is 0 Å². The van der Waals surface area contributed by atoms with Crippen molar-refractivity contribution in [2.75, 3.05) is 13.7 Å². The maximum absolute atomic E-state index is 12.5. The Bertz CT molecular complexity index is 473. The summed E-state index contributed by atoms with van der Waals surface area (Å²) in [5.74, 6) is -0.449. The van der Waals surface area contributed by atoms with Crippen molar-refractivity contribution in [1.29, 1.82) is 0 Å². The lowest BCUT2D eigenvalue weighted by Gasteiger charge is -2.25. The maximum atomic E-state index is 12.5. The highest BCUT2D eigenvalue weighted by Gasteiger charge is 2.52. The predicted molar refractivity (Wildman–Crippen MR) is 67.8 cm³/mol. The van der Waals surface area contributed by atoms with E-state index in [1.165, 1.54) is 7.11 Å². The number of aryl methyl sites for hydroxylation is 1. The van der Waals surface area contributed by atoms with Gasteiger partial charge in [-0.1, -0.05) is 23.8 Å². The van der Waals surface area contributed by atoms with Crippen LogP contribution < -0.4 is 0 Å². The molecular formula is C14H18O5. The maximum Gasteiger partial charge on any atom is 0.197 e. The average molecular weight is 266 g/mol. The third kappa shape index (κ3) is 2.55. The van der Waals surface area contributed by atoms with Crippen molar-refractivity contribution in [2.24, 2.45) is 0 Å². The molecule has 0 aliphatic carbocycles. The lowest BCUT2D eigenvalue weighted by molar-refractivity contribution is -0.131. The van der Waals surface area contributed by atoms with Gasteiger partial charge in [0.2, 0.25) is 0 Å². The molecule has 1 aromatic rings. The van der Waals surface area contributed by atoms with E-state index in [9.17, 15) is 15.0 Å². The van der Waals surface area contributed by atoms with E-state index in [1.54, 1.807) is 18.2 Å². The van der Waals surface area contributed by atoms with Crippen LogP contribution in [-0.4, -0.2) is 47.7 Å². The molecule has 1 heterocycles. The fourth-order valence-corrected chi connectivity index (χ4v) is 2.34. The minimum atomic E-state index is -1.75. The summed E-state index contributed by atoms with van der Waals surface area (Å²) in [7, 11) is 1.43. The van der Waals surface area contributed by atoms with E-state index in [1.807, 2.05) is 13.0 Å². The van der Waals surface area contributed by atoms with Crippen LogP contribution in [0.25, 0.3) is 0 Å². The minimum absolute atomic E-state index is 0.0154. The van der Waals surface area contributed by atoms with E-state index < -0.39 is 30.4 Å². The Morgan fingerprint density at radius 1 is 1.58 bits per heavy atom. The number of hydrogen-bond acceptors (Lipinski definition) is 5. The lowest BCUT2D eigenvalue weighted by atomic mass is 9.86. The number of rotatable bonds is 4. The topological polar surface area (TPSA) is 76.0 Å². The predicted octanol–water partition coefficient (Wildman–Crippen LogP) is 0.663. The molecule has 1 saturated heterocycles. The number of methoxy groups -OCH3 is 1. The van der Waals surface area contributed by atoms with Gasteiger partial charge in [0.05, 0.1) is 6.61 Å². The number of hydrogen-bond donors (Lipinski definition) is 2. The Morgan fingerprint density at radius 3 is 2.89 bits per heavy atom. The molecule has 1 aliphatic heterocycles. The van der Waals surface area contributed by atoms with Gasteiger partial charge < -0.3 is 19.7 Å². The van der Waals surface area contributed by atoms with Crippen molar-refractivity contribution in [3.05, 3.63) is 35.4 Å². The molecule has 19 heavy (non-hydrogen) atoms. The van der Waals surface area contributed by atoms with Gasteiger partial charge in [-0.05, 0) is 13.0 Å². The summed E-state index contributed by atoms with van der Waals surface area (Å²) < 4.78 is 10.3. The van der Waals surface area contributed by atoms with Gasteiger partial charge >= 0.3 is 0 Å². The molecule has 5 heteroatoms. The van der Waals surface area contributed by atoms with Gasteiger partial charge in [-0.25, -0.2) is 0 Å². The lowest BCUT2D eigenvalue weighted by Crippen LogP contribution is -2.47. The summed E-state index contributed by atoms with van der Waals surface area (Å²) in [5, 5.41) is 19.8. The van der Waals surface area contributed by atoms with E-state index >= 15 is 0 Å². The first-order valence-corrected chi connectivity index (χ1v) is 6.14. The van der Waals surface area contributed by atoms with Crippen LogP contribution in [0.1, 0.15) is 22.3 Å². The van der Waals surface area contributed by atoms with E-state index in [2.05, 4.69) is 0 Å². The average Bonchev–Trinajstić information content (AvgIpc) is 2.75. The van der Waals surface area contributed by atoms with E-state index in [4.69, 9.17) is 9.47 Å². The molecule has 0 spiro atoms. The molecule has 0 bridgehead atoms. The molecule has 104 valence electrons. The normalized spacial score (nSPS) is 30.5. The largest absolute Gasteiger partial charge is 0.394 e. The molecular weight excluding hydrogens is 248 g/mol. The Hall–Kier alpha value is -1.27. The Balaban J connectivity index is 2.30. The van der Waals surface area contributed by atoms with Crippen LogP contribution in [0.15, 0.2) is 24.3 Å². The Morgan fingerprint density at radius 2 is 2.32 bits per heavy atom. The molecule has 1 fully saturated rings. The monoisotopic (exact) mass is 266 g/mol. The van der Waals surface area contributed by atoms with Crippen LogP contribution in [0, 0.1) is 6.92 Å². The second-order valence-electron chi connectivity index (χ2n) is 4.80. The molecule has 0 amide bonds. The molecule has 3 atom stereocenters. The molecule has 0 radical (unpaired) electrons. The van der Waals surface area contributed by atoms with Gasteiger partial charge in [0, 0.05) is 19.1 Å². The fraction of sp³-hybridized carbons (Fsp3) is 0.500. The summed E-state index contributed by atoms with van der Waals surface area (Å²) in [6.07, 6.45) is -1.64. The van der Waals surface area contributed by atoms with Gasteiger partial charge in [0.1, 0.15) is 6.10 Å². The fourth-order valence-electron chi connectivity index (χ4n) is 2.34. The molecule has 0 saturated carbocycles. The van der Waals surface area contributed by atoms with Gasteiger partial charge in [-0.3, -0.25) is 4.79 Å². The highest BCUT2D eigenvalue weighted by atomic mass is 16.7. The number of aliphatic hydroxyl groups is 2. The molecule has 5 nitrogen and oxygen atoms in total. The smallest absolute Gasteiger partial charge is 0.197 e. The first-order valence-electron chi connectivity index (χ1n) is 6.14. The van der Waals surface area contributed by atoms with Crippen molar-refractivity contribution in [3.8, 4) is 0 Å². The van der Waals surface area contributed by atoms with Gasteiger partial charge in [0.15, 0.2) is 17.7 Å². The van der Waals surface area contributed by atoms with Crippen molar-refractivity contribution in [1.82, 2.24) is 0 Å². The summed E-state index contributed by atoms with van der Waals surface area (Å²) in [6.45, 7) is 1.43. The van der Waals surface area contributed by atoms with Crippen molar-refractivity contribution in [2.45, 2.75) is 31.3 Å². The second kappa shape index (κ2) is 5.38. The second-order valence-corrected chi connectivity index (χ2v) is 4.80. The summed E-state index contributed by atoms with van der Waals surface area (Å²) in [4.78, 5) is 12.5. The zero-order valence-electron chi connectivity index (χ0n) is 11.0. The van der Waals surface area contributed by atoms with Crippen molar-refractivity contribution >= 4 is 5.78 Å². The summed E-state index contributed by atoms with van der Waals surface area (Å²) in [5.41, 5.74) is -0.415. The third-order valence-electron chi connectivity index (χ3n) is 3.43. The van der Waals surface area contributed by atoms with Crippen LogP contribution in [0.5, 0.6) is 0 Å². The van der Waals surface area contributed by atoms with Crippen LogP contribution in [0.4, 0.5) is 0 Å². The van der Waals surface area contributed by atoms with Crippen LogP contribution >= 0.6 is 0 Å². The highest BCUT2D eigenvalue weighted by Crippen LogP contribution is 2.34. The first kappa shape index (κ1) is 14.1. The third-order valence-corrected chi connectivity index (χ3v) is 3.43. The van der Waals surface area contributed by atoms with Crippen LogP contribution in [0.2, 0.25) is 0 Å².